The molecule has 1 fully saturated rings. The Morgan fingerprint density at radius 2 is 2.00 bits per heavy atom. The Kier molecular flexibility index (Phi) is 3.55. The topological polar surface area (TPSA) is 46.5 Å². The molecule has 4 heteroatoms. The van der Waals surface area contributed by atoms with Crippen LogP contribution in [-0.4, -0.2) is 18.2 Å². The lowest BCUT2D eigenvalue weighted by molar-refractivity contribution is -0.145. The van der Waals surface area contributed by atoms with Crippen LogP contribution in [0.3, 0.4) is 0 Å². The second kappa shape index (κ2) is 4.96. The molecule has 0 unspecified atom stereocenters. The molecule has 0 aliphatic heterocycles. The molecule has 0 spiro atoms. The highest BCUT2D eigenvalue weighted by Crippen LogP contribution is 2.40. The Bertz CT molecular complexity index is 450. The minimum atomic E-state index is -0.925. The summed E-state index contributed by atoms with van der Waals surface area (Å²) in [6, 6.07) is 4.48. The molecule has 1 aromatic carbocycles. The van der Waals surface area contributed by atoms with E-state index in [9.17, 15) is 14.3 Å². The highest BCUT2D eigenvalue weighted by atomic mass is 19.1. The number of rotatable bonds is 3. The van der Waals surface area contributed by atoms with Crippen molar-refractivity contribution in [3.8, 4) is 5.75 Å². The summed E-state index contributed by atoms with van der Waals surface area (Å²) >= 11 is 0. The van der Waals surface area contributed by atoms with Crippen molar-refractivity contribution in [2.45, 2.75) is 37.5 Å². The first-order chi connectivity index (χ1) is 8.60. The van der Waals surface area contributed by atoms with E-state index >= 15 is 0 Å². The number of benzene rings is 1. The number of carboxylic acids is 1. The number of ether oxygens (including phenoxy) is 1. The highest BCUT2D eigenvalue weighted by molar-refractivity contribution is 5.81. The number of methoxy groups -OCH3 is 1. The summed E-state index contributed by atoms with van der Waals surface area (Å²) in [5.74, 6) is -1.21. The molecular weight excluding hydrogens is 235 g/mol. The quantitative estimate of drug-likeness (QED) is 0.899. The van der Waals surface area contributed by atoms with Crippen LogP contribution in [0.2, 0.25) is 0 Å². The van der Waals surface area contributed by atoms with Gasteiger partial charge in [0, 0.05) is 0 Å². The normalized spacial score (nSPS) is 18.3. The lowest BCUT2D eigenvalue weighted by atomic mass is 9.69. The average molecular weight is 252 g/mol. The molecular formula is C14H17FO3. The van der Waals surface area contributed by atoms with Gasteiger partial charge in [-0.3, -0.25) is 4.79 Å². The minimum absolute atomic E-state index is 0.148. The summed E-state index contributed by atoms with van der Waals surface area (Å²) in [5.41, 5.74) is -0.376. The van der Waals surface area contributed by atoms with Crippen LogP contribution in [0.5, 0.6) is 5.75 Å². The van der Waals surface area contributed by atoms with E-state index in [0.717, 1.165) is 19.3 Å². The van der Waals surface area contributed by atoms with Crippen LogP contribution in [0.15, 0.2) is 18.2 Å². The van der Waals surface area contributed by atoms with E-state index in [1.807, 2.05) is 0 Å². The van der Waals surface area contributed by atoms with Crippen LogP contribution in [-0.2, 0) is 10.2 Å². The van der Waals surface area contributed by atoms with Gasteiger partial charge in [-0.05, 0) is 30.5 Å². The van der Waals surface area contributed by atoms with E-state index in [1.165, 1.54) is 19.2 Å². The summed E-state index contributed by atoms with van der Waals surface area (Å²) in [7, 11) is 1.39. The third-order valence-corrected chi connectivity index (χ3v) is 3.82. The van der Waals surface area contributed by atoms with Crippen molar-refractivity contribution in [3.05, 3.63) is 29.6 Å². The van der Waals surface area contributed by atoms with E-state index in [2.05, 4.69) is 0 Å². The van der Waals surface area contributed by atoms with Crippen molar-refractivity contribution in [2.24, 2.45) is 0 Å². The van der Waals surface area contributed by atoms with Crippen LogP contribution in [0, 0.1) is 5.82 Å². The molecule has 0 bridgehead atoms. The van der Waals surface area contributed by atoms with E-state index in [4.69, 9.17) is 4.74 Å². The molecule has 0 amide bonds. The van der Waals surface area contributed by atoms with Gasteiger partial charge in [0.15, 0.2) is 11.6 Å². The zero-order chi connectivity index (χ0) is 13.2. The van der Waals surface area contributed by atoms with Gasteiger partial charge in [0.25, 0.3) is 0 Å². The molecule has 0 aromatic heterocycles. The molecule has 98 valence electrons. The van der Waals surface area contributed by atoms with Crippen LogP contribution in [0.1, 0.15) is 37.7 Å². The van der Waals surface area contributed by atoms with E-state index in [0.29, 0.717) is 18.4 Å². The molecule has 1 saturated carbocycles. The molecule has 1 aliphatic rings. The fourth-order valence-corrected chi connectivity index (χ4v) is 2.75. The Morgan fingerprint density at radius 3 is 2.50 bits per heavy atom. The first-order valence-corrected chi connectivity index (χ1v) is 6.17. The van der Waals surface area contributed by atoms with Gasteiger partial charge < -0.3 is 9.84 Å². The number of halogens is 1. The number of hydrogen-bond donors (Lipinski definition) is 1. The summed E-state index contributed by atoms with van der Waals surface area (Å²) in [6.07, 6.45) is 3.95. The number of carbonyl (C=O) groups is 1. The second-order valence-electron chi connectivity index (χ2n) is 4.80. The Morgan fingerprint density at radius 1 is 1.33 bits per heavy atom. The largest absolute Gasteiger partial charge is 0.494 e. The van der Waals surface area contributed by atoms with Gasteiger partial charge >= 0.3 is 5.97 Å². The smallest absolute Gasteiger partial charge is 0.314 e. The molecule has 3 nitrogen and oxygen atoms in total. The molecule has 18 heavy (non-hydrogen) atoms. The van der Waals surface area contributed by atoms with E-state index in [1.54, 1.807) is 6.07 Å². The molecule has 0 saturated heterocycles. The molecule has 2 rings (SSSR count). The van der Waals surface area contributed by atoms with Gasteiger partial charge in [-0.2, -0.15) is 0 Å². The minimum Gasteiger partial charge on any atom is -0.494 e. The van der Waals surface area contributed by atoms with E-state index in [-0.39, 0.29) is 5.75 Å². The summed E-state index contributed by atoms with van der Waals surface area (Å²) in [6.45, 7) is 0. The Labute approximate surface area is 106 Å². The fraction of sp³-hybridized carbons (Fsp3) is 0.500. The third kappa shape index (κ3) is 2.07. The third-order valence-electron chi connectivity index (χ3n) is 3.82. The molecule has 1 aromatic rings. The maximum absolute atomic E-state index is 13.7. The predicted octanol–water partition coefficient (Wildman–Crippen LogP) is 3.12. The molecule has 1 aliphatic carbocycles. The predicted molar refractivity (Wildman–Crippen MR) is 65.4 cm³/mol. The molecule has 0 heterocycles. The van der Waals surface area contributed by atoms with Gasteiger partial charge in [0.05, 0.1) is 12.5 Å². The maximum atomic E-state index is 13.7. The maximum Gasteiger partial charge on any atom is 0.314 e. The SMILES string of the molecule is COc1ccc(C2(C(=O)O)CCCCC2)cc1F. The zero-order valence-electron chi connectivity index (χ0n) is 10.4. The zero-order valence-corrected chi connectivity index (χ0v) is 10.4. The average Bonchev–Trinajstić information content (AvgIpc) is 2.39. The number of aliphatic carboxylic acids is 1. The van der Waals surface area contributed by atoms with Crippen molar-refractivity contribution in [3.63, 3.8) is 0 Å². The Hall–Kier alpha value is -1.58. The van der Waals surface area contributed by atoms with Crippen molar-refractivity contribution in [2.75, 3.05) is 7.11 Å². The first-order valence-electron chi connectivity index (χ1n) is 6.17. The monoisotopic (exact) mass is 252 g/mol. The van der Waals surface area contributed by atoms with Crippen molar-refractivity contribution in [1.82, 2.24) is 0 Å². The summed E-state index contributed by atoms with van der Waals surface area (Å²) < 4.78 is 18.6. The van der Waals surface area contributed by atoms with Crippen LogP contribution >= 0.6 is 0 Å². The molecule has 0 radical (unpaired) electrons. The van der Waals surface area contributed by atoms with Gasteiger partial charge in [-0.1, -0.05) is 25.3 Å². The fourth-order valence-electron chi connectivity index (χ4n) is 2.75. The second-order valence-corrected chi connectivity index (χ2v) is 4.80. The van der Waals surface area contributed by atoms with Crippen LogP contribution < -0.4 is 4.74 Å². The lowest BCUT2D eigenvalue weighted by Crippen LogP contribution is -2.37. The van der Waals surface area contributed by atoms with Gasteiger partial charge in [-0.15, -0.1) is 0 Å². The lowest BCUT2D eigenvalue weighted by Gasteiger charge is -2.33. The van der Waals surface area contributed by atoms with Crippen molar-refractivity contribution in [1.29, 1.82) is 0 Å². The molecule has 1 N–H and O–H groups in total. The Balaban J connectivity index is 2.43. The van der Waals surface area contributed by atoms with Gasteiger partial charge in [-0.25, -0.2) is 4.39 Å². The van der Waals surface area contributed by atoms with Crippen molar-refractivity contribution < 1.29 is 19.0 Å². The van der Waals surface area contributed by atoms with Crippen LogP contribution in [0.25, 0.3) is 0 Å². The number of carboxylic acid groups (broad SMARTS) is 1. The number of hydrogen-bond acceptors (Lipinski definition) is 2. The van der Waals surface area contributed by atoms with Crippen molar-refractivity contribution >= 4 is 5.97 Å². The standard InChI is InChI=1S/C14H17FO3/c1-18-12-6-5-10(9-11(12)15)14(13(16)17)7-3-2-4-8-14/h5-6,9H,2-4,7-8H2,1H3,(H,16,17). The summed E-state index contributed by atoms with van der Waals surface area (Å²) in [4.78, 5) is 11.6. The first kappa shape index (κ1) is 12.9. The van der Waals surface area contributed by atoms with E-state index < -0.39 is 17.2 Å². The van der Waals surface area contributed by atoms with Gasteiger partial charge in [0.1, 0.15) is 0 Å². The van der Waals surface area contributed by atoms with Crippen LogP contribution in [0.4, 0.5) is 4.39 Å². The molecule has 0 atom stereocenters. The summed E-state index contributed by atoms with van der Waals surface area (Å²) in [5, 5.41) is 9.51. The highest BCUT2D eigenvalue weighted by Gasteiger charge is 2.41. The van der Waals surface area contributed by atoms with Gasteiger partial charge in [0.2, 0.25) is 0 Å².